The molecule has 10 nitrogen and oxygen atoms in total. The van der Waals surface area contributed by atoms with Gasteiger partial charge in [0.1, 0.15) is 28.5 Å². The Labute approximate surface area is 273 Å². The predicted octanol–water partition coefficient (Wildman–Crippen LogP) is 5.75. The molecule has 2 N–H and O–H groups in total. The van der Waals surface area contributed by atoms with Crippen LogP contribution in [0.15, 0.2) is 77.8 Å². The van der Waals surface area contributed by atoms with Gasteiger partial charge >= 0.3 is 5.97 Å². The lowest BCUT2D eigenvalue weighted by molar-refractivity contribution is -0.121. The molecule has 2 amide bonds. The van der Waals surface area contributed by atoms with Gasteiger partial charge in [0.25, 0.3) is 0 Å². The number of nitrogens with zero attached hydrogens (tertiary/aromatic N) is 4. The van der Waals surface area contributed by atoms with Crippen LogP contribution in [0, 0.1) is 22.7 Å². The first-order chi connectivity index (χ1) is 22.2. The van der Waals surface area contributed by atoms with E-state index in [0.717, 1.165) is 28.6 Å². The molecule has 1 aromatic heterocycles. The van der Waals surface area contributed by atoms with Crippen molar-refractivity contribution in [3.05, 3.63) is 106 Å². The van der Waals surface area contributed by atoms with Gasteiger partial charge in [-0.15, -0.1) is 0 Å². The van der Waals surface area contributed by atoms with Crippen LogP contribution in [0.5, 0.6) is 0 Å². The van der Waals surface area contributed by atoms with Gasteiger partial charge in [0.15, 0.2) is 6.61 Å². The molecule has 1 aliphatic rings. The first-order valence-electron chi connectivity index (χ1n) is 14.0. The van der Waals surface area contributed by atoms with E-state index in [1.165, 1.54) is 30.3 Å². The highest BCUT2D eigenvalue weighted by Gasteiger charge is 2.41. The highest BCUT2D eigenvalue weighted by atomic mass is 35.5. The summed E-state index contributed by atoms with van der Waals surface area (Å²) < 4.78 is 5.13. The number of thioether (sulfide) groups is 1. The second-order valence-corrected chi connectivity index (χ2v) is 11.7. The van der Waals surface area contributed by atoms with E-state index in [0.29, 0.717) is 11.1 Å². The Bertz CT molecular complexity index is 1970. The lowest BCUT2D eigenvalue weighted by atomic mass is 9.96. The number of aromatic nitrogens is 1. The molecule has 228 valence electrons. The van der Waals surface area contributed by atoms with Crippen LogP contribution in [-0.2, 0) is 20.7 Å². The Morgan fingerprint density at radius 3 is 2.33 bits per heavy atom. The normalized spacial score (nSPS) is 14.1. The third-order valence-corrected chi connectivity index (χ3v) is 8.80. The first-order valence-corrected chi connectivity index (χ1v) is 15.2. The number of nitrogen functional groups attached to an aromatic ring is 1. The van der Waals surface area contributed by atoms with Crippen LogP contribution in [0.3, 0.4) is 0 Å². The molecule has 0 aliphatic carbocycles. The summed E-state index contributed by atoms with van der Waals surface area (Å²) in [5.74, 6) is -2.36. The molecule has 4 aromatic rings. The van der Waals surface area contributed by atoms with Crippen LogP contribution < -0.4 is 10.6 Å². The number of benzene rings is 3. The maximum atomic E-state index is 13.5. The third kappa shape index (κ3) is 6.33. The average molecular weight is 650 g/mol. The molecule has 0 radical (unpaired) electrons. The molecule has 1 fully saturated rings. The molecule has 3 aromatic carbocycles. The molecule has 12 heteroatoms. The number of rotatable bonds is 9. The maximum absolute atomic E-state index is 13.5. The van der Waals surface area contributed by atoms with Crippen molar-refractivity contribution in [2.24, 2.45) is 0 Å². The number of imide groups is 1. The van der Waals surface area contributed by atoms with Crippen molar-refractivity contribution < 1.29 is 23.9 Å². The van der Waals surface area contributed by atoms with Crippen LogP contribution in [0.1, 0.15) is 50.8 Å². The van der Waals surface area contributed by atoms with Crippen molar-refractivity contribution in [3.63, 3.8) is 0 Å². The fourth-order valence-corrected chi connectivity index (χ4v) is 6.27. The number of carbonyl (C=O) groups is 4. The summed E-state index contributed by atoms with van der Waals surface area (Å²) in [6.07, 6.45) is 0.632. The second kappa shape index (κ2) is 13.7. The SMILES string of the molecule is CCc1ccc(-c2c(C#N)c(N)nc(SC3CC(=O)N(c4ccc(C(=O)OCC(=O)c5ccccc5Cl)cc4)C3=O)c2C#N)cc1. The summed E-state index contributed by atoms with van der Waals surface area (Å²) in [7, 11) is 0. The number of Topliss-reactive ketones (excluding diaryl/α,β-unsaturated/α-hetero) is 1. The molecule has 1 unspecified atom stereocenters. The Hall–Kier alpha value is -5.49. The Kier molecular flexibility index (Phi) is 9.47. The minimum atomic E-state index is -0.921. The predicted molar refractivity (Wildman–Crippen MR) is 172 cm³/mol. The van der Waals surface area contributed by atoms with Crippen molar-refractivity contribution in [2.75, 3.05) is 17.2 Å². The van der Waals surface area contributed by atoms with Crippen LogP contribution in [0.4, 0.5) is 11.5 Å². The van der Waals surface area contributed by atoms with E-state index in [2.05, 4.69) is 11.1 Å². The van der Waals surface area contributed by atoms with Gasteiger partial charge in [-0.05, 0) is 53.9 Å². The van der Waals surface area contributed by atoms with Crippen molar-refractivity contribution in [3.8, 4) is 23.3 Å². The number of hydrogen-bond acceptors (Lipinski definition) is 10. The van der Waals surface area contributed by atoms with E-state index in [4.69, 9.17) is 22.1 Å². The van der Waals surface area contributed by atoms with Crippen LogP contribution in [-0.4, -0.2) is 40.4 Å². The molecule has 5 rings (SSSR count). The molecule has 0 saturated carbocycles. The van der Waals surface area contributed by atoms with Crippen molar-refractivity contribution in [2.45, 2.75) is 30.0 Å². The number of pyridine rings is 1. The topological polar surface area (TPSA) is 167 Å². The molecule has 1 aliphatic heterocycles. The standard InChI is InChI=1S/C34H24ClN5O5S/c1-2-19-7-9-20(10-8-19)30-24(16-36)31(38)39-32(25(30)17-37)46-28-15-29(42)40(33(28)43)22-13-11-21(12-14-22)34(44)45-18-27(41)23-5-3-4-6-26(23)35/h3-14,28H,2,15,18H2,1H3,(H2,38,39). The summed E-state index contributed by atoms with van der Waals surface area (Å²) >= 11 is 6.96. The maximum Gasteiger partial charge on any atom is 0.338 e. The summed E-state index contributed by atoms with van der Waals surface area (Å²) in [6, 6.07) is 23.5. The summed E-state index contributed by atoms with van der Waals surface area (Å²) in [4.78, 5) is 56.7. The Morgan fingerprint density at radius 1 is 1.02 bits per heavy atom. The fourth-order valence-electron chi connectivity index (χ4n) is 4.91. The third-order valence-electron chi connectivity index (χ3n) is 7.30. The number of carbonyl (C=O) groups excluding carboxylic acids is 4. The molecule has 2 heterocycles. The molecule has 1 atom stereocenters. The van der Waals surface area contributed by atoms with E-state index < -0.39 is 35.4 Å². The van der Waals surface area contributed by atoms with Crippen molar-refractivity contribution >= 4 is 58.4 Å². The van der Waals surface area contributed by atoms with E-state index in [-0.39, 0.29) is 50.2 Å². The van der Waals surface area contributed by atoms with Gasteiger partial charge in [0.2, 0.25) is 17.6 Å². The molecular formula is C34H24ClN5O5S. The van der Waals surface area contributed by atoms with E-state index in [1.54, 1.807) is 30.3 Å². The Balaban J connectivity index is 1.33. The minimum absolute atomic E-state index is 0.0486. The smallest absolute Gasteiger partial charge is 0.338 e. The molecule has 46 heavy (non-hydrogen) atoms. The zero-order chi connectivity index (χ0) is 33.0. The zero-order valence-corrected chi connectivity index (χ0v) is 25.9. The number of aryl methyl sites for hydroxylation is 1. The number of anilines is 2. The van der Waals surface area contributed by atoms with Gasteiger partial charge in [-0.25, -0.2) is 14.7 Å². The average Bonchev–Trinajstić information content (AvgIpc) is 3.35. The fraction of sp³-hybridized carbons (Fsp3) is 0.147. The number of esters is 1. The number of hydrogen-bond donors (Lipinski definition) is 1. The van der Waals surface area contributed by atoms with Gasteiger partial charge in [0.05, 0.1) is 27.1 Å². The number of halogens is 1. The van der Waals surface area contributed by atoms with Crippen LogP contribution >= 0.6 is 23.4 Å². The zero-order valence-electron chi connectivity index (χ0n) is 24.3. The van der Waals surface area contributed by atoms with Gasteiger partial charge in [-0.2, -0.15) is 10.5 Å². The highest BCUT2D eigenvalue weighted by Crippen LogP contribution is 2.40. The quantitative estimate of drug-likeness (QED) is 0.134. The molecule has 1 saturated heterocycles. The molecular weight excluding hydrogens is 626 g/mol. The van der Waals surface area contributed by atoms with E-state index >= 15 is 0 Å². The Morgan fingerprint density at radius 2 is 1.70 bits per heavy atom. The number of amides is 2. The van der Waals surface area contributed by atoms with Crippen molar-refractivity contribution in [1.82, 2.24) is 4.98 Å². The minimum Gasteiger partial charge on any atom is -0.454 e. The number of nitrogens with two attached hydrogens (primary N) is 1. The van der Waals surface area contributed by atoms with Gasteiger partial charge in [-0.3, -0.25) is 14.4 Å². The second-order valence-electron chi connectivity index (χ2n) is 10.1. The summed E-state index contributed by atoms with van der Waals surface area (Å²) in [5.41, 5.74) is 8.81. The molecule has 0 bridgehead atoms. The largest absolute Gasteiger partial charge is 0.454 e. The van der Waals surface area contributed by atoms with E-state index in [1.807, 2.05) is 25.1 Å². The lowest BCUT2D eigenvalue weighted by Gasteiger charge is -2.17. The lowest BCUT2D eigenvalue weighted by Crippen LogP contribution is -2.31. The summed E-state index contributed by atoms with van der Waals surface area (Å²) in [6.45, 7) is 1.49. The van der Waals surface area contributed by atoms with Gasteiger partial charge in [-0.1, -0.05) is 66.7 Å². The highest BCUT2D eigenvalue weighted by molar-refractivity contribution is 8.00. The number of ketones is 1. The van der Waals surface area contributed by atoms with E-state index in [9.17, 15) is 29.7 Å². The van der Waals surface area contributed by atoms with Crippen LogP contribution in [0.2, 0.25) is 5.02 Å². The monoisotopic (exact) mass is 649 g/mol. The first kappa shape index (κ1) is 31.9. The van der Waals surface area contributed by atoms with Gasteiger partial charge < -0.3 is 10.5 Å². The molecule has 0 spiro atoms. The van der Waals surface area contributed by atoms with Crippen LogP contribution in [0.25, 0.3) is 11.1 Å². The van der Waals surface area contributed by atoms with Crippen molar-refractivity contribution in [1.29, 1.82) is 10.5 Å². The number of ether oxygens (including phenoxy) is 1. The summed E-state index contributed by atoms with van der Waals surface area (Å²) in [5, 5.41) is 19.4. The number of nitriles is 2. The van der Waals surface area contributed by atoms with Gasteiger partial charge in [0, 0.05) is 17.5 Å².